The van der Waals surface area contributed by atoms with Crippen LogP contribution in [0.25, 0.3) is 0 Å². The summed E-state index contributed by atoms with van der Waals surface area (Å²) in [6, 6.07) is 0. The van der Waals surface area contributed by atoms with Gasteiger partial charge in [-0.3, -0.25) is 4.79 Å². The van der Waals surface area contributed by atoms with Crippen LogP contribution in [0.15, 0.2) is 4.42 Å². The lowest BCUT2D eigenvalue weighted by molar-refractivity contribution is -0.137. The monoisotopic (exact) mass is 212 g/mol. The molecule has 0 unspecified atom stereocenters. The summed E-state index contributed by atoms with van der Waals surface area (Å²) in [6.45, 7) is 2.13. The number of nitrogens with zero attached hydrogens (tertiary/aromatic N) is 2. The highest BCUT2D eigenvalue weighted by atomic mass is 16.4. The van der Waals surface area contributed by atoms with Gasteiger partial charge in [0.15, 0.2) is 0 Å². The summed E-state index contributed by atoms with van der Waals surface area (Å²) in [5.41, 5.74) is 0. The quantitative estimate of drug-likeness (QED) is 0.697. The SMILES string of the molecule is CCCCCc1nnc(CCC(=O)O)o1. The standard InChI is InChI=1S/C10H16N2O3/c1-2-3-4-5-8-11-12-9(15-8)6-7-10(13)14/h2-7H2,1H3,(H,13,14). The lowest BCUT2D eigenvalue weighted by atomic mass is 10.2. The molecule has 0 aromatic carbocycles. The van der Waals surface area contributed by atoms with E-state index >= 15 is 0 Å². The number of unbranched alkanes of at least 4 members (excludes halogenated alkanes) is 2. The number of carboxylic acid groups (broad SMARTS) is 1. The summed E-state index contributed by atoms with van der Waals surface area (Å²) in [5.74, 6) is 0.188. The zero-order chi connectivity index (χ0) is 11.1. The molecule has 0 bridgehead atoms. The molecule has 0 saturated heterocycles. The van der Waals surface area contributed by atoms with Crippen LogP contribution in [-0.2, 0) is 17.6 Å². The molecule has 0 atom stereocenters. The molecular formula is C10H16N2O3. The second-order valence-corrected chi connectivity index (χ2v) is 3.44. The summed E-state index contributed by atoms with van der Waals surface area (Å²) >= 11 is 0. The Hall–Kier alpha value is -1.39. The Kier molecular flexibility index (Phi) is 4.80. The number of rotatable bonds is 7. The molecule has 0 aliphatic carbocycles. The maximum absolute atomic E-state index is 10.3. The topological polar surface area (TPSA) is 76.2 Å². The molecule has 1 aromatic heterocycles. The molecule has 84 valence electrons. The number of hydrogen-bond donors (Lipinski definition) is 1. The van der Waals surface area contributed by atoms with Gasteiger partial charge in [0.05, 0.1) is 6.42 Å². The summed E-state index contributed by atoms with van der Waals surface area (Å²) < 4.78 is 5.30. The van der Waals surface area contributed by atoms with Gasteiger partial charge >= 0.3 is 5.97 Å². The van der Waals surface area contributed by atoms with E-state index in [1.54, 1.807) is 0 Å². The molecular weight excluding hydrogens is 196 g/mol. The minimum absolute atomic E-state index is 0.0383. The first-order valence-corrected chi connectivity index (χ1v) is 5.25. The van der Waals surface area contributed by atoms with Gasteiger partial charge in [0, 0.05) is 12.8 Å². The predicted octanol–water partition coefficient (Wildman–Crippen LogP) is 1.82. The number of hydrogen-bond acceptors (Lipinski definition) is 4. The van der Waals surface area contributed by atoms with Crippen LogP contribution >= 0.6 is 0 Å². The molecule has 0 saturated carbocycles. The van der Waals surface area contributed by atoms with E-state index in [4.69, 9.17) is 9.52 Å². The highest BCUT2D eigenvalue weighted by molar-refractivity contribution is 5.66. The minimum Gasteiger partial charge on any atom is -0.481 e. The van der Waals surface area contributed by atoms with Gasteiger partial charge in [-0.2, -0.15) is 0 Å². The molecule has 15 heavy (non-hydrogen) atoms. The van der Waals surface area contributed by atoms with Crippen LogP contribution in [-0.4, -0.2) is 21.3 Å². The van der Waals surface area contributed by atoms with E-state index in [2.05, 4.69) is 17.1 Å². The second-order valence-electron chi connectivity index (χ2n) is 3.44. The fraction of sp³-hybridized carbons (Fsp3) is 0.700. The number of aryl methyl sites for hydroxylation is 2. The summed E-state index contributed by atoms with van der Waals surface area (Å²) in [5, 5.41) is 16.1. The second kappa shape index (κ2) is 6.16. The van der Waals surface area contributed by atoms with Crippen molar-refractivity contribution in [1.82, 2.24) is 10.2 Å². The van der Waals surface area contributed by atoms with Gasteiger partial charge in [0.2, 0.25) is 11.8 Å². The molecule has 0 amide bonds. The number of carboxylic acids is 1. The van der Waals surface area contributed by atoms with E-state index in [0.717, 1.165) is 25.7 Å². The predicted molar refractivity (Wildman–Crippen MR) is 53.5 cm³/mol. The maximum Gasteiger partial charge on any atom is 0.303 e. The Bertz CT molecular complexity index is 309. The first-order valence-electron chi connectivity index (χ1n) is 5.25. The molecule has 0 fully saturated rings. The Labute approximate surface area is 88.5 Å². The molecule has 0 aliphatic heterocycles. The highest BCUT2D eigenvalue weighted by Gasteiger charge is 2.07. The number of carbonyl (C=O) groups is 1. The normalized spacial score (nSPS) is 10.5. The van der Waals surface area contributed by atoms with Crippen molar-refractivity contribution in [1.29, 1.82) is 0 Å². The zero-order valence-corrected chi connectivity index (χ0v) is 8.90. The highest BCUT2D eigenvalue weighted by Crippen LogP contribution is 2.07. The summed E-state index contributed by atoms with van der Waals surface area (Å²) in [7, 11) is 0. The largest absolute Gasteiger partial charge is 0.481 e. The lowest BCUT2D eigenvalue weighted by Crippen LogP contribution is -1.97. The molecule has 1 rings (SSSR count). The van der Waals surface area contributed by atoms with Crippen LogP contribution < -0.4 is 0 Å². The van der Waals surface area contributed by atoms with Crippen molar-refractivity contribution >= 4 is 5.97 Å². The zero-order valence-electron chi connectivity index (χ0n) is 8.90. The molecule has 0 aliphatic rings. The van der Waals surface area contributed by atoms with Crippen LogP contribution in [0.3, 0.4) is 0 Å². The average molecular weight is 212 g/mol. The fourth-order valence-corrected chi connectivity index (χ4v) is 1.23. The molecule has 1 aromatic rings. The van der Waals surface area contributed by atoms with E-state index in [1.165, 1.54) is 0 Å². The Morgan fingerprint density at radius 2 is 1.93 bits per heavy atom. The van der Waals surface area contributed by atoms with E-state index in [0.29, 0.717) is 18.2 Å². The van der Waals surface area contributed by atoms with Gasteiger partial charge in [-0.15, -0.1) is 10.2 Å². The smallest absolute Gasteiger partial charge is 0.303 e. The first kappa shape index (κ1) is 11.7. The minimum atomic E-state index is -0.847. The van der Waals surface area contributed by atoms with E-state index in [-0.39, 0.29) is 6.42 Å². The molecule has 0 spiro atoms. The molecule has 1 heterocycles. The van der Waals surface area contributed by atoms with Crippen molar-refractivity contribution in [2.45, 2.75) is 45.4 Å². The van der Waals surface area contributed by atoms with Crippen molar-refractivity contribution in [3.05, 3.63) is 11.8 Å². The third kappa shape index (κ3) is 4.58. The third-order valence-corrected chi connectivity index (χ3v) is 2.06. The van der Waals surface area contributed by atoms with Crippen LogP contribution in [0, 0.1) is 0 Å². The third-order valence-electron chi connectivity index (χ3n) is 2.06. The van der Waals surface area contributed by atoms with Gasteiger partial charge in [-0.25, -0.2) is 0 Å². The van der Waals surface area contributed by atoms with Crippen molar-refractivity contribution < 1.29 is 14.3 Å². The maximum atomic E-state index is 10.3. The van der Waals surface area contributed by atoms with Gasteiger partial charge in [-0.1, -0.05) is 19.8 Å². The Morgan fingerprint density at radius 3 is 2.53 bits per heavy atom. The van der Waals surface area contributed by atoms with Gasteiger partial charge in [-0.05, 0) is 6.42 Å². The van der Waals surface area contributed by atoms with Crippen molar-refractivity contribution in [3.63, 3.8) is 0 Å². The molecule has 0 radical (unpaired) electrons. The van der Waals surface area contributed by atoms with Gasteiger partial charge in [0.25, 0.3) is 0 Å². The Balaban J connectivity index is 2.32. The molecule has 5 nitrogen and oxygen atoms in total. The average Bonchev–Trinajstić information content (AvgIpc) is 2.63. The van der Waals surface area contributed by atoms with Crippen LogP contribution in [0.4, 0.5) is 0 Å². The van der Waals surface area contributed by atoms with Gasteiger partial charge in [0.1, 0.15) is 0 Å². The van der Waals surface area contributed by atoms with Crippen molar-refractivity contribution in [2.24, 2.45) is 0 Å². The van der Waals surface area contributed by atoms with Gasteiger partial charge < -0.3 is 9.52 Å². The first-order chi connectivity index (χ1) is 7.22. The summed E-state index contributed by atoms with van der Waals surface area (Å²) in [4.78, 5) is 10.3. The summed E-state index contributed by atoms with van der Waals surface area (Å²) in [6.07, 6.45) is 4.48. The van der Waals surface area contributed by atoms with E-state index in [1.807, 2.05) is 0 Å². The van der Waals surface area contributed by atoms with E-state index in [9.17, 15) is 4.79 Å². The van der Waals surface area contributed by atoms with Crippen LogP contribution in [0.1, 0.15) is 44.4 Å². The number of aromatic nitrogens is 2. The fourth-order valence-electron chi connectivity index (χ4n) is 1.23. The van der Waals surface area contributed by atoms with E-state index < -0.39 is 5.97 Å². The van der Waals surface area contributed by atoms with Crippen molar-refractivity contribution in [3.8, 4) is 0 Å². The number of aliphatic carboxylic acids is 1. The molecule has 1 N–H and O–H groups in total. The molecule has 5 heteroatoms. The Morgan fingerprint density at radius 1 is 1.27 bits per heavy atom. The lowest BCUT2D eigenvalue weighted by Gasteiger charge is -1.92. The van der Waals surface area contributed by atoms with Crippen LogP contribution in [0.5, 0.6) is 0 Å². The van der Waals surface area contributed by atoms with Crippen LogP contribution in [0.2, 0.25) is 0 Å². The van der Waals surface area contributed by atoms with Crippen molar-refractivity contribution in [2.75, 3.05) is 0 Å².